The van der Waals surface area contributed by atoms with Crippen LogP contribution in [0, 0.1) is 5.41 Å². The minimum absolute atomic E-state index is 0.206. The molecule has 0 aliphatic rings. The summed E-state index contributed by atoms with van der Waals surface area (Å²) < 4.78 is 10.9. The minimum atomic E-state index is -0.587. The van der Waals surface area contributed by atoms with Gasteiger partial charge in [0, 0.05) is 24.1 Å². The first-order chi connectivity index (χ1) is 15.6. The van der Waals surface area contributed by atoms with Crippen LogP contribution in [-0.4, -0.2) is 30.9 Å². The molecule has 0 amide bonds. The normalized spacial score (nSPS) is 13.0. The number of esters is 1. The molecule has 0 radical (unpaired) electrons. The molecular formula is C27H40N2O4. The summed E-state index contributed by atoms with van der Waals surface area (Å²) in [4.78, 5) is 12.1. The zero-order valence-electron chi connectivity index (χ0n) is 20.9. The van der Waals surface area contributed by atoms with Crippen molar-refractivity contribution < 1.29 is 19.4 Å². The highest BCUT2D eigenvalue weighted by Crippen LogP contribution is 2.41. The molecule has 0 saturated carbocycles. The Morgan fingerprint density at radius 1 is 0.970 bits per heavy atom. The summed E-state index contributed by atoms with van der Waals surface area (Å²) in [6.07, 6.45) is 1.13. The van der Waals surface area contributed by atoms with Gasteiger partial charge in [0.05, 0.1) is 18.8 Å². The molecule has 0 aliphatic carbocycles. The number of carbonyl (C=O) groups excluding carboxylic acids is 1. The number of benzene rings is 2. The van der Waals surface area contributed by atoms with Crippen LogP contribution in [-0.2, 0) is 23.2 Å². The molecule has 0 heterocycles. The van der Waals surface area contributed by atoms with Gasteiger partial charge in [-0.1, -0.05) is 52.8 Å². The summed E-state index contributed by atoms with van der Waals surface area (Å²) in [5.41, 5.74) is 15.9. The maximum atomic E-state index is 12.1. The molecule has 0 bridgehead atoms. The van der Waals surface area contributed by atoms with Crippen LogP contribution in [0.1, 0.15) is 80.1 Å². The molecule has 33 heavy (non-hydrogen) atoms. The van der Waals surface area contributed by atoms with Crippen LogP contribution in [0.2, 0.25) is 0 Å². The second kappa shape index (κ2) is 11.1. The highest BCUT2D eigenvalue weighted by Gasteiger charge is 2.32. The average molecular weight is 457 g/mol. The van der Waals surface area contributed by atoms with E-state index in [2.05, 4.69) is 26.0 Å². The van der Waals surface area contributed by atoms with Gasteiger partial charge in [-0.2, -0.15) is 0 Å². The third-order valence-electron chi connectivity index (χ3n) is 6.72. The van der Waals surface area contributed by atoms with Gasteiger partial charge in [-0.3, -0.25) is 0 Å². The van der Waals surface area contributed by atoms with Gasteiger partial charge in [0.15, 0.2) is 0 Å². The highest BCUT2D eigenvalue weighted by molar-refractivity contribution is 5.91. The van der Waals surface area contributed by atoms with Crippen molar-refractivity contribution in [1.82, 2.24) is 0 Å². The topological polar surface area (TPSA) is 108 Å². The van der Waals surface area contributed by atoms with Crippen molar-refractivity contribution in [2.45, 2.75) is 72.1 Å². The molecule has 0 spiro atoms. The number of methoxy groups -OCH3 is 1. The number of aliphatic hydroxyl groups excluding tert-OH is 1. The summed E-state index contributed by atoms with van der Waals surface area (Å²) in [6, 6.07) is 11.9. The Labute approximate surface area is 198 Å². The SMILES string of the molecule is CCC(CC)(c1ccc(OCC(O)C(C)(C)C)c(CN)c1)c1ccc(C(=O)OC)c(CN)c1. The van der Waals surface area contributed by atoms with Gasteiger partial charge in [-0.25, -0.2) is 4.79 Å². The lowest BCUT2D eigenvalue weighted by molar-refractivity contribution is 0.0215. The molecule has 0 aliphatic heterocycles. The van der Waals surface area contributed by atoms with Crippen LogP contribution < -0.4 is 16.2 Å². The fraction of sp³-hybridized carbons (Fsp3) is 0.519. The second-order valence-electron chi connectivity index (χ2n) is 9.58. The van der Waals surface area contributed by atoms with Crippen LogP contribution in [0.5, 0.6) is 5.75 Å². The fourth-order valence-electron chi connectivity index (χ4n) is 4.20. The van der Waals surface area contributed by atoms with Crippen molar-refractivity contribution in [3.05, 3.63) is 64.2 Å². The zero-order valence-corrected chi connectivity index (χ0v) is 20.9. The first-order valence-electron chi connectivity index (χ1n) is 11.6. The van der Waals surface area contributed by atoms with Crippen molar-refractivity contribution in [3.63, 3.8) is 0 Å². The predicted molar refractivity (Wildman–Crippen MR) is 132 cm³/mol. The number of ether oxygens (including phenoxy) is 2. The molecule has 5 N–H and O–H groups in total. The average Bonchev–Trinajstić information content (AvgIpc) is 2.82. The number of rotatable bonds is 10. The predicted octanol–water partition coefficient (Wildman–Crippen LogP) is 4.28. The van der Waals surface area contributed by atoms with E-state index in [1.165, 1.54) is 7.11 Å². The third-order valence-corrected chi connectivity index (χ3v) is 6.72. The van der Waals surface area contributed by atoms with Crippen molar-refractivity contribution in [3.8, 4) is 5.75 Å². The molecule has 0 fully saturated rings. The maximum absolute atomic E-state index is 12.1. The van der Waals surface area contributed by atoms with E-state index in [0.717, 1.165) is 35.1 Å². The van der Waals surface area contributed by atoms with Gasteiger partial charge in [0.25, 0.3) is 0 Å². The molecular weight excluding hydrogens is 416 g/mol. The summed E-state index contributed by atoms with van der Waals surface area (Å²) in [7, 11) is 1.37. The molecule has 2 rings (SSSR count). The maximum Gasteiger partial charge on any atom is 0.338 e. The van der Waals surface area contributed by atoms with Crippen LogP contribution in [0.3, 0.4) is 0 Å². The summed E-state index contributed by atoms with van der Waals surface area (Å²) in [6.45, 7) is 11.0. The molecule has 1 atom stereocenters. The third kappa shape index (κ3) is 5.75. The van der Waals surface area contributed by atoms with Gasteiger partial charge in [0.1, 0.15) is 12.4 Å². The Morgan fingerprint density at radius 2 is 1.52 bits per heavy atom. The lowest BCUT2D eigenvalue weighted by Gasteiger charge is -2.34. The number of aliphatic hydroxyl groups is 1. The van der Waals surface area contributed by atoms with E-state index in [0.29, 0.717) is 17.9 Å². The largest absolute Gasteiger partial charge is 0.491 e. The molecule has 182 valence electrons. The van der Waals surface area contributed by atoms with Crippen molar-refractivity contribution in [2.24, 2.45) is 16.9 Å². The van der Waals surface area contributed by atoms with Crippen molar-refractivity contribution >= 4 is 5.97 Å². The van der Waals surface area contributed by atoms with E-state index >= 15 is 0 Å². The van der Waals surface area contributed by atoms with Gasteiger partial charge in [0.2, 0.25) is 0 Å². The number of carbonyl (C=O) groups is 1. The van der Waals surface area contributed by atoms with Crippen molar-refractivity contribution in [1.29, 1.82) is 0 Å². The first-order valence-corrected chi connectivity index (χ1v) is 11.6. The van der Waals surface area contributed by atoms with Crippen LogP contribution in [0.4, 0.5) is 0 Å². The van der Waals surface area contributed by atoms with Crippen LogP contribution in [0.15, 0.2) is 36.4 Å². The standard InChI is InChI=1S/C27H40N2O4/c1-7-27(8-2,20-9-11-22(25(31)32-6)18(13-20)15-28)21-10-12-23(19(14-21)16-29)33-17-24(30)26(3,4)5/h9-14,24,30H,7-8,15-17,28-29H2,1-6H3. The summed E-state index contributed by atoms with van der Waals surface area (Å²) in [5.74, 6) is 0.305. The quantitative estimate of drug-likeness (QED) is 0.461. The molecule has 0 saturated heterocycles. The summed E-state index contributed by atoms with van der Waals surface area (Å²) >= 11 is 0. The monoisotopic (exact) mass is 456 g/mol. The molecule has 0 aromatic heterocycles. The van der Waals surface area contributed by atoms with Gasteiger partial charge >= 0.3 is 5.97 Å². The number of hydrogen-bond acceptors (Lipinski definition) is 6. The van der Waals surface area contributed by atoms with Crippen LogP contribution >= 0.6 is 0 Å². The molecule has 6 nitrogen and oxygen atoms in total. The van der Waals surface area contributed by atoms with E-state index in [1.807, 2.05) is 39.0 Å². The Bertz CT molecular complexity index is 946. The minimum Gasteiger partial charge on any atom is -0.491 e. The van der Waals surface area contributed by atoms with E-state index < -0.39 is 6.10 Å². The van der Waals surface area contributed by atoms with Gasteiger partial charge < -0.3 is 26.0 Å². The Kier molecular flexibility index (Phi) is 9.06. The van der Waals surface area contributed by atoms with Crippen LogP contribution in [0.25, 0.3) is 0 Å². The summed E-state index contributed by atoms with van der Waals surface area (Å²) in [5, 5.41) is 10.3. The number of hydrogen-bond donors (Lipinski definition) is 3. The first kappa shape index (κ1) is 26.8. The van der Waals surface area contributed by atoms with E-state index in [4.69, 9.17) is 20.9 Å². The zero-order chi connectivity index (χ0) is 24.8. The number of nitrogens with two attached hydrogens (primary N) is 2. The van der Waals surface area contributed by atoms with Gasteiger partial charge in [-0.05, 0) is 53.1 Å². The molecule has 1 unspecified atom stereocenters. The lowest BCUT2D eigenvalue weighted by atomic mass is 9.69. The lowest BCUT2D eigenvalue weighted by Crippen LogP contribution is -2.32. The molecule has 2 aromatic carbocycles. The van der Waals surface area contributed by atoms with E-state index in [9.17, 15) is 9.90 Å². The Hall–Kier alpha value is -2.41. The smallest absolute Gasteiger partial charge is 0.338 e. The Balaban J connectivity index is 2.49. The van der Waals surface area contributed by atoms with E-state index in [1.54, 1.807) is 6.07 Å². The van der Waals surface area contributed by atoms with Gasteiger partial charge in [-0.15, -0.1) is 0 Å². The fourth-order valence-corrected chi connectivity index (χ4v) is 4.20. The molecule has 2 aromatic rings. The second-order valence-corrected chi connectivity index (χ2v) is 9.58. The van der Waals surface area contributed by atoms with Crippen molar-refractivity contribution in [2.75, 3.05) is 13.7 Å². The Morgan fingerprint density at radius 3 is 2.00 bits per heavy atom. The van der Waals surface area contributed by atoms with E-state index in [-0.39, 0.29) is 30.0 Å². The highest BCUT2D eigenvalue weighted by atomic mass is 16.5. The molecule has 6 heteroatoms.